The molecule has 0 spiro atoms. The van der Waals surface area contributed by atoms with E-state index in [1.807, 2.05) is 0 Å². The van der Waals surface area contributed by atoms with Crippen molar-refractivity contribution in [3.05, 3.63) is 36.2 Å². The van der Waals surface area contributed by atoms with Gasteiger partial charge in [0.2, 0.25) is 5.91 Å². The van der Waals surface area contributed by atoms with E-state index >= 15 is 0 Å². The van der Waals surface area contributed by atoms with Gasteiger partial charge in [-0.3, -0.25) is 4.79 Å². The Morgan fingerprint density at radius 2 is 2.13 bits per heavy atom. The molecule has 4 heterocycles. The number of anilines is 2. The van der Waals surface area contributed by atoms with Gasteiger partial charge in [-0.15, -0.1) is 0 Å². The van der Waals surface area contributed by atoms with Crippen molar-refractivity contribution in [2.45, 2.75) is 41.7 Å². The van der Waals surface area contributed by atoms with E-state index in [1.54, 1.807) is 23.1 Å². The molecule has 2 aromatic heterocycles. The van der Waals surface area contributed by atoms with Crippen LogP contribution >= 0.6 is 11.3 Å². The van der Waals surface area contributed by atoms with Crippen LogP contribution in [0.15, 0.2) is 34.8 Å². The Hall–Kier alpha value is -3.56. The van der Waals surface area contributed by atoms with Crippen LogP contribution in [-0.2, 0) is 26.0 Å². The molecule has 1 aromatic carbocycles. The molecule has 2 fully saturated rings. The summed E-state index contributed by atoms with van der Waals surface area (Å²) in [4.78, 5) is 36.5. The second-order valence-electron chi connectivity index (χ2n) is 9.43. The van der Waals surface area contributed by atoms with Gasteiger partial charge < -0.3 is 25.4 Å². The average Bonchev–Trinajstić information content (AvgIpc) is 3.63. The molecule has 0 bridgehead atoms. The van der Waals surface area contributed by atoms with Crippen molar-refractivity contribution >= 4 is 55.0 Å². The summed E-state index contributed by atoms with van der Waals surface area (Å²) in [6.45, 7) is 0.648. The SMILES string of the molecule is COc1cc2c(N)nccc2cc1CC(C(=O)O)N1CCC(NS(=O)(=O)c2cnc(N3CCC(F)C3)s2)C1=O. The number of carboxylic acid groups (broad SMARTS) is 1. The van der Waals surface area contributed by atoms with Gasteiger partial charge in [0.15, 0.2) is 9.34 Å². The maximum Gasteiger partial charge on any atom is 0.326 e. The summed E-state index contributed by atoms with van der Waals surface area (Å²) in [7, 11) is -2.67. The van der Waals surface area contributed by atoms with Gasteiger partial charge in [0.1, 0.15) is 29.8 Å². The number of pyridine rings is 1. The van der Waals surface area contributed by atoms with E-state index in [9.17, 15) is 27.5 Å². The van der Waals surface area contributed by atoms with Gasteiger partial charge in [-0.1, -0.05) is 11.3 Å². The Labute approximate surface area is 227 Å². The van der Waals surface area contributed by atoms with Crippen LogP contribution in [0, 0.1) is 0 Å². The van der Waals surface area contributed by atoms with Gasteiger partial charge in [0, 0.05) is 31.1 Å². The fraction of sp³-hybridized carbons (Fsp3) is 0.417. The molecule has 1 amide bonds. The van der Waals surface area contributed by atoms with Gasteiger partial charge in [-0.2, -0.15) is 4.72 Å². The lowest BCUT2D eigenvalue weighted by Gasteiger charge is -2.25. The number of amides is 1. The molecule has 208 valence electrons. The minimum absolute atomic E-state index is 0.0510. The van der Waals surface area contributed by atoms with E-state index in [1.165, 1.54) is 24.4 Å². The Morgan fingerprint density at radius 1 is 1.33 bits per heavy atom. The highest BCUT2D eigenvalue weighted by Gasteiger charge is 2.41. The number of benzene rings is 1. The molecule has 5 rings (SSSR count). The summed E-state index contributed by atoms with van der Waals surface area (Å²) >= 11 is 0.895. The Kier molecular flexibility index (Phi) is 7.31. The van der Waals surface area contributed by atoms with Crippen LogP contribution < -0.4 is 20.1 Å². The van der Waals surface area contributed by atoms with Crippen LogP contribution in [0.5, 0.6) is 5.75 Å². The summed E-state index contributed by atoms with van der Waals surface area (Å²) in [6.07, 6.45) is 2.12. The van der Waals surface area contributed by atoms with Crippen molar-refractivity contribution < 1.29 is 32.2 Å². The Bertz CT molecular complexity index is 1530. The number of carbonyl (C=O) groups excluding carboxylic acids is 1. The largest absolute Gasteiger partial charge is 0.496 e. The van der Waals surface area contributed by atoms with Gasteiger partial charge in [-0.05, 0) is 42.0 Å². The maximum atomic E-state index is 13.5. The summed E-state index contributed by atoms with van der Waals surface area (Å²) in [6, 6.07) is 2.77. The summed E-state index contributed by atoms with van der Waals surface area (Å²) in [5.41, 5.74) is 6.50. The zero-order valence-corrected chi connectivity index (χ0v) is 22.5. The Morgan fingerprint density at radius 3 is 2.82 bits per heavy atom. The molecule has 12 nitrogen and oxygen atoms in total. The zero-order valence-electron chi connectivity index (χ0n) is 20.9. The highest BCUT2D eigenvalue weighted by Crippen LogP contribution is 2.32. The van der Waals surface area contributed by atoms with Crippen LogP contribution in [0.2, 0.25) is 0 Å². The Balaban J connectivity index is 1.32. The van der Waals surface area contributed by atoms with Gasteiger partial charge >= 0.3 is 5.97 Å². The zero-order chi connectivity index (χ0) is 27.9. The van der Waals surface area contributed by atoms with Crippen molar-refractivity contribution in [2.75, 3.05) is 37.4 Å². The molecule has 4 N–H and O–H groups in total. The number of hydrogen-bond acceptors (Lipinski definition) is 10. The predicted molar refractivity (Wildman–Crippen MR) is 142 cm³/mol. The lowest BCUT2D eigenvalue weighted by Crippen LogP contribution is -2.48. The fourth-order valence-electron chi connectivity index (χ4n) is 4.94. The van der Waals surface area contributed by atoms with Crippen LogP contribution in [-0.4, -0.2) is 85.3 Å². The number of aromatic nitrogens is 2. The van der Waals surface area contributed by atoms with E-state index in [-0.39, 0.29) is 30.1 Å². The lowest BCUT2D eigenvalue weighted by atomic mass is 10.00. The molecule has 3 aromatic rings. The number of thiazole rings is 1. The monoisotopic (exact) mass is 578 g/mol. The number of carbonyl (C=O) groups is 2. The van der Waals surface area contributed by atoms with Crippen LogP contribution in [0.1, 0.15) is 18.4 Å². The predicted octanol–water partition coefficient (Wildman–Crippen LogP) is 1.41. The molecular weight excluding hydrogens is 551 g/mol. The number of alkyl halides is 1. The highest BCUT2D eigenvalue weighted by molar-refractivity contribution is 7.91. The number of nitrogen functional groups attached to an aromatic ring is 1. The minimum atomic E-state index is -4.11. The van der Waals surface area contributed by atoms with Gasteiger partial charge in [-0.25, -0.2) is 27.6 Å². The summed E-state index contributed by atoms with van der Waals surface area (Å²) < 4.78 is 47.3. The second-order valence-corrected chi connectivity index (χ2v) is 12.4. The van der Waals surface area contributed by atoms with E-state index < -0.39 is 40.2 Å². The third kappa shape index (κ3) is 5.33. The van der Waals surface area contributed by atoms with E-state index in [0.29, 0.717) is 40.6 Å². The number of ether oxygens (including phenoxy) is 1. The first-order valence-electron chi connectivity index (χ1n) is 12.2. The maximum absolute atomic E-state index is 13.5. The third-order valence-electron chi connectivity index (χ3n) is 6.95. The van der Waals surface area contributed by atoms with Gasteiger partial charge in [0.25, 0.3) is 10.0 Å². The van der Waals surface area contributed by atoms with Crippen LogP contribution in [0.3, 0.4) is 0 Å². The number of hydrogen-bond donors (Lipinski definition) is 3. The van der Waals surface area contributed by atoms with E-state index in [2.05, 4.69) is 14.7 Å². The van der Waals surface area contributed by atoms with E-state index in [4.69, 9.17) is 10.5 Å². The molecule has 2 aliphatic rings. The molecular formula is C24H27FN6O6S2. The van der Waals surface area contributed by atoms with Crippen molar-refractivity contribution in [2.24, 2.45) is 0 Å². The van der Waals surface area contributed by atoms with Crippen molar-refractivity contribution in [3.8, 4) is 5.75 Å². The lowest BCUT2D eigenvalue weighted by molar-refractivity contribution is -0.148. The molecule has 2 aliphatic heterocycles. The molecule has 2 saturated heterocycles. The molecule has 3 unspecified atom stereocenters. The van der Waals surface area contributed by atoms with Crippen molar-refractivity contribution in [1.29, 1.82) is 0 Å². The molecule has 3 atom stereocenters. The number of nitrogens with two attached hydrogens (primary N) is 1. The first-order chi connectivity index (χ1) is 18.6. The standard InChI is InChI=1S/C24H27FN6O6S2/c1-37-19-10-16-13(2-5-27-21(16)26)8-14(19)9-18(23(33)34)31-7-4-17(22(31)32)29-39(35,36)20-11-28-24(38-20)30-6-3-15(25)12-30/h2,5,8,10-11,15,17-18,29H,3-4,6-7,9,12H2,1H3,(H2,26,27)(H,33,34). The van der Waals surface area contributed by atoms with Crippen molar-refractivity contribution in [1.82, 2.24) is 19.6 Å². The number of rotatable bonds is 9. The number of carboxylic acids is 1. The number of halogens is 1. The third-order valence-corrected chi connectivity index (χ3v) is 9.94. The minimum Gasteiger partial charge on any atom is -0.496 e. The van der Waals surface area contributed by atoms with Crippen molar-refractivity contribution in [3.63, 3.8) is 0 Å². The number of likely N-dealkylation sites (tertiary alicyclic amines) is 1. The van der Waals surface area contributed by atoms with Crippen LogP contribution in [0.25, 0.3) is 10.8 Å². The quantitative estimate of drug-likeness (QED) is 0.338. The first kappa shape index (κ1) is 27.0. The topological polar surface area (TPSA) is 168 Å². The van der Waals surface area contributed by atoms with E-state index in [0.717, 1.165) is 16.7 Å². The molecule has 0 radical (unpaired) electrons. The number of methoxy groups -OCH3 is 1. The average molecular weight is 579 g/mol. The number of nitrogens with one attached hydrogen (secondary N) is 1. The number of aliphatic carboxylic acids is 1. The fourth-order valence-corrected chi connectivity index (χ4v) is 7.33. The second kappa shape index (κ2) is 10.5. The summed E-state index contributed by atoms with van der Waals surface area (Å²) in [5, 5.41) is 11.8. The molecule has 0 saturated carbocycles. The number of nitrogens with zero attached hydrogens (tertiary/aromatic N) is 4. The molecule has 15 heteroatoms. The molecule has 0 aliphatic carbocycles. The number of fused-ring (bicyclic) bond motifs is 1. The number of sulfonamides is 1. The smallest absolute Gasteiger partial charge is 0.326 e. The summed E-state index contributed by atoms with van der Waals surface area (Å²) in [5.74, 6) is -1.16. The molecule has 39 heavy (non-hydrogen) atoms. The van der Waals surface area contributed by atoms with Gasteiger partial charge in [0.05, 0.1) is 19.9 Å². The normalized spacial score (nSPS) is 20.6. The first-order valence-corrected chi connectivity index (χ1v) is 14.5. The highest BCUT2D eigenvalue weighted by atomic mass is 32.2. The van der Waals surface area contributed by atoms with Crippen LogP contribution in [0.4, 0.5) is 15.3 Å².